The van der Waals surface area contributed by atoms with E-state index >= 15 is 8.78 Å². The van der Waals surface area contributed by atoms with Crippen LogP contribution in [0.2, 0.25) is 0 Å². The first-order chi connectivity index (χ1) is 26.6. The van der Waals surface area contributed by atoms with Gasteiger partial charge in [-0.2, -0.15) is 0 Å². The zero-order valence-electron chi connectivity index (χ0n) is 37.0. The Hall–Kier alpha value is -3.91. The molecule has 0 amide bonds. The van der Waals surface area contributed by atoms with Gasteiger partial charge < -0.3 is 16.4 Å². The van der Waals surface area contributed by atoms with E-state index in [1.807, 2.05) is 51.1 Å². The Morgan fingerprint density at radius 2 is 1.48 bits per heavy atom. The summed E-state index contributed by atoms with van der Waals surface area (Å²) in [5, 5.41) is 6.69. The van der Waals surface area contributed by atoms with Crippen LogP contribution in [-0.4, -0.2) is 50.3 Å². The number of halogens is 3. The van der Waals surface area contributed by atoms with Crippen molar-refractivity contribution in [3.8, 4) is 0 Å². The van der Waals surface area contributed by atoms with Crippen molar-refractivity contribution in [3.63, 3.8) is 0 Å². The molecule has 3 aromatic carbocycles. The van der Waals surface area contributed by atoms with Crippen molar-refractivity contribution in [3.05, 3.63) is 144 Å². The summed E-state index contributed by atoms with van der Waals surface area (Å²) in [6.07, 6.45) is 4.71. The molecule has 0 aliphatic rings. The van der Waals surface area contributed by atoms with Gasteiger partial charge in [0.15, 0.2) is 0 Å². The van der Waals surface area contributed by atoms with Gasteiger partial charge in [-0.1, -0.05) is 76.6 Å². The van der Waals surface area contributed by atoms with Crippen LogP contribution in [0, 0.1) is 31.4 Å². The first-order valence-corrected chi connectivity index (χ1v) is 20.0. The SMILES string of the molecule is C=C.C=C.C=CCC(C)C.CCc1cc(NCCN(CC)Cc2cc(F)c(C(C)/C(C)=C(\CCNCC(C)(C)F)c3ccccc3C)c(F)c2)ccc1C.CN. The molecule has 3 aromatic rings. The summed E-state index contributed by atoms with van der Waals surface area (Å²) in [7, 11) is 1.50. The number of nitrogens with two attached hydrogens (primary N) is 1. The largest absolute Gasteiger partial charge is 0.384 e. The number of alkyl halides is 1. The Balaban J connectivity index is 0. The Morgan fingerprint density at radius 3 is 1.96 bits per heavy atom. The van der Waals surface area contributed by atoms with E-state index in [2.05, 4.69) is 107 Å². The minimum Gasteiger partial charge on any atom is -0.384 e. The monoisotopic (exact) mass is 779 g/mol. The lowest BCUT2D eigenvalue weighted by molar-refractivity contribution is 0.211. The minimum absolute atomic E-state index is 0.0889. The van der Waals surface area contributed by atoms with Gasteiger partial charge in [0.1, 0.15) is 17.3 Å². The van der Waals surface area contributed by atoms with Crippen LogP contribution in [0.5, 0.6) is 0 Å². The van der Waals surface area contributed by atoms with Gasteiger partial charge in [-0.05, 0) is 138 Å². The highest BCUT2D eigenvalue weighted by atomic mass is 19.1. The van der Waals surface area contributed by atoms with Gasteiger partial charge in [0.25, 0.3) is 0 Å². The molecule has 314 valence electrons. The number of likely N-dealkylation sites (N-methyl/N-ethyl adjacent to an activating group) is 1. The predicted molar refractivity (Wildman–Crippen MR) is 243 cm³/mol. The van der Waals surface area contributed by atoms with Gasteiger partial charge in [0.05, 0.1) is 0 Å². The molecular weight excluding hydrogens is 702 g/mol. The molecule has 4 nitrogen and oxygen atoms in total. The summed E-state index contributed by atoms with van der Waals surface area (Å²) >= 11 is 0. The lowest BCUT2D eigenvalue weighted by Crippen LogP contribution is -2.31. The van der Waals surface area contributed by atoms with Gasteiger partial charge in [0, 0.05) is 43.3 Å². The highest BCUT2D eigenvalue weighted by Gasteiger charge is 2.23. The Labute approximate surface area is 341 Å². The number of nitrogens with zero attached hydrogens (tertiary/aromatic N) is 1. The predicted octanol–water partition coefficient (Wildman–Crippen LogP) is 12.8. The van der Waals surface area contributed by atoms with E-state index in [1.165, 1.54) is 30.3 Å². The molecule has 0 fully saturated rings. The highest BCUT2D eigenvalue weighted by molar-refractivity contribution is 5.72. The lowest BCUT2D eigenvalue weighted by atomic mass is 9.84. The van der Waals surface area contributed by atoms with Gasteiger partial charge in [-0.25, -0.2) is 13.2 Å². The van der Waals surface area contributed by atoms with E-state index in [-0.39, 0.29) is 12.1 Å². The zero-order valence-corrected chi connectivity index (χ0v) is 37.0. The first kappa shape index (κ1) is 54.2. The number of hydrogen-bond donors (Lipinski definition) is 3. The van der Waals surface area contributed by atoms with Crippen LogP contribution in [0.1, 0.15) is 108 Å². The van der Waals surface area contributed by atoms with Crippen LogP contribution in [0.3, 0.4) is 0 Å². The van der Waals surface area contributed by atoms with Gasteiger partial charge >= 0.3 is 0 Å². The first-order valence-electron chi connectivity index (χ1n) is 20.0. The van der Waals surface area contributed by atoms with Gasteiger partial charge in [-0.3, -0.25) is 4.90 Å². The van der Waals surface area contributed by atoms with E-state index in [0.29, 0.717) is 25.1 Å². The summed E-state index contributed by atoms with van der Waals surface area (Å²) in [5.41, 5.74) is 11.7. The molecule has 0 heterocycles. The number of rotatable bonds is 18. The molecule has 1 unspecified atom stereocenters. The Kier molecular flexibility index (Phi) is 29.3. The number of anilines is 1. The molecule has 4 N–H and O–H groups in total. The van der Waals surface area contributed by atoms with Crippen molar-refractivity contribution in [2.24, 2.45) is 11.7 Å². The quantitative estimate of drug-likeness (QED) is 0.0889. The molecule has 0 radical (unpaired) electrons. The molecular formula is C49H77F3N4. The van der Waals surface area contributed by atoms with E-state index in [1.54, 1.807) is 13.8 Å². The topological polar surface area (TPSA) is 53.3 Å². The van der Waals surface area contributed by atoms with Crippen LogP contribution in [0.25, 0.3) is 5.57 Å². The molecule has 0 aliphatic heterocycles. The van der Waals surface area contributed by atoms with Crippen LogP contribution in [-0.2, 0) is 13.0 Å². The number of hydrogen-bond acceptors (Lipinski definition) is 4. The molecule has 0 bridgehead atoms. The van der Waals surface area contributed by atoms with Crippen LogP contribution in [0.15, 0.2) is 99.1 Å². The smallest absolute Gasteiger partial charge is 0.130 e. The molecule has 56 heavy (non-hydrogen) atoms. The second kappa shape index (κ2) is 30.3. The molecule has 0 aromatic heterocycles. The third-order valence-electron chi connectivity index (χ3n) is 9.24. The second-order valence-corrected chi connectivity index (χ2v) is 14.5. The maximum atomic E-state index is 15.7. The zero-order chi connectivity index (χ0) is 43.4. The number of benzene rings is 3. The van der Waals surface area contributed by atoms with Crippen LogP contribution < -0.4 is 16.4 Å². The summed E-state index contributed by atoms with van der Waals surface area (Å²) < 4.78 is 45.4. The number of aryl methyl sites for hydroxylation is 3. The van der Waals surface area contributed by atoms with E-state index < -0.39 is 23.2 Å². The normalized spacial score (nSPS) is 11.7. The minimum atomic E-state index is -1.31. The van der Waals surface area contributed by atoms with E-state index in [9.17, 15) is 4.39 Å². The summed E-state index contributed by atoms with van der Waals surface area (Å²) in [5.74, 6) is -0.726. The average molecular weight is 779 g/mol. The maximum absolute atomic E-state index is 15.7. The van der Waals surface area contributed by atoms with Gasteiger partial charge in [-0.15, -0.1) is 32.9 Å². The average Bonchev–Trinajstić information content (AvgIpc) is 3.17. The van der Waals surface area contributed by atoms with Crippen molar-refractivity contribution in [1.82, 2.24) is 10.2 Å². The Bertz CT molecular complexity index is 1530. The van der Waals surface area contributed by atoms with Crippen molar-refractivity contribution in [2.45, 2.75) is 107 Å². The third-order valence-corrected chi connectivity index (χ3v) is 9.24. The fourth-order valence-corrected chi connectivity index (χ4v) is 6.14. The summed E-state index contributed by atoms with van der Waals surface area (Å²) in [6.45, 7) is 38.8. The summed E-state index contributed by atoms with van der Waals surface area (Å²) in [4.78, 5) is 2.19. The molecule has 0 spiro atoms. The second-order valence-electron chi connectivity index (χ2n) is 14.5. The van der Waals surface area contributed by atoms with E-state index in [4.69, 9.17) is 0 Å². The van der Waals surface area contributed by atoms with Gasteiger partial charge in [0.2, 0.25) is 0 Å². The number of allylic oxidation sites excluding steroid dienone is 2. The molecule has 7 heteroatoms. The molecule has 0 saturated heterocycles. The van der Waals surface area contributed by atoms with Crippen LogP contribution >= 0.6 is 0 Å². The van der Waals surface area contributed by atoms with Crippen molar-refractivity contribution in [2.75, 3.05) is 45.1 Å². The number of nitrogens with one attached hydrogen (secondary N) is 2. The van der Waals surface area contributed by atoms with Crippen molar-refractivity contribution in [1.29, 1.82) is 0 Å². The third kappa shape index (κ3) is 20.3. The van der Waals surface area contributed by atoms with Crippen molar-refractivity contribution < 1.29 is 13.2 Å². The standard InChI is InChI=1S/C38H52F3N3.C6H12.2C2H4.CH5N/c1-9-31-23-32(16-15-26(31)3)43-19-20-44(10-2)24-30-21-35(39)37(36(40)22-30)29(6)28(5)34(17-18-42-25-38(7,8)41)33-14-12-11-13-27(33)4;1-4-5-6(2)3;3*1-2/h11-16,21-23,29,42-43H,9-10,17-20,24-25H2,1-8H3;4,6H,1,5H2,2-3H3;2*1-2H2;2H2,1H3/b34-28+;;;;. The Morgan fingerprint density at radius 1 is 0.893 bits per heavy atom. The lowest BCUT2D eigenvalue weighted by Gasteiger charge is -2.24. The fraction of sp³-hybridized carbons (Fsp3) is 0.469. The molecule has 1 atom stereocenters. The van der Waals surface area contributed by atoms with Crippen molar-refractivity contribution >= 4 is 11.3 Å². The molecule has 0 saturated carbocycles. The molecule has 3 rings (SSSR count). The summed E-state index contributed by atoms with van der Waals surface area (Å²) in [6, 6.07) is 17.5. The fourth-order valence-electron chi connectivity index (χ4n) is 6.14. The maximum Gasteiger partial charge on any atom is 0.130 e. The molecule has 0 aliphatic carbocycles. The van der Waals surface area contributed by atoms with E-state index in [0.717, 1.165) is 66.4 Å². The highest BCUT2D eigenvalue weighted by Crippen LogP contribution is 2.36. The van der Waals surface area contributed by atoms with Crippen LogP contribution in [0.4, 0.5) is 18.9 Å².